The van der Waals surface area contributed by atoms with Crippen LogP contribution in [0.4, 0.5) is 0 Å². The zero-order valence-electron chi connectivity index (χ0n) is 15.1. The molecule has 0 spiro atoms. The van der Waals surface area contributed by atoms with E-state index in [0.717, 1.165) is 41.0 Å². The number of likely N-dealkylation sites (tertiary alicyclic amines) is 1. The molecule has 0 aliphatic carbocycles. The first-order chi connectivity index (χ1) is 13.2. The number of hydrogen-bond acceptors (Lipinski definition) is 3. The summed E-state index contributed by atoms with van der Waals surface area (Å²) in [6.45, 7) is 2.72. The fraction of sp³-hybridized carbons (Fsp3) is 0.381. The van der Waals surface area contributed by atoms with Crippen LogP contribution < -0.4 is 15.5 Å². The molecule has 0 amide bonds. The molecule has 0 saturated carbocycles. The summed E-state index contributed by atoms with van der Waals surface area (Å²) < 4.78 is 5.98. The topological polar surface area (TPSA) is 37.2 Å². The number of fused-ring (bicyclic) bond motifs is 1. The summed E-state index contributed by atoms with van der Waals surface area (Å²) in [7, 11) is 0. The molecular formula is C21H22ClN3OS. The quantitative estimate of drug-likeness (QED) is 0.699. The van der Waals surface area contributed by atoms with Crippen molar-refractivity contribution in [2.75, 3.05) is 19.7 Å². The van der Waals surface area contributed by atoms with E-state index in [1.807, 2.05) is 30.3 Å². The van der Waals surface area contributed by atoms with E-state index in [2.05, 4.69) is 27.0 Å². The minimum atomic E-state index is 0.389. The van der Waals surface area contributed by atoms with Crippen molar-refractivity contribution in [1.82, 2.24) is 4.90 Å². The number of nitrogens with zero attached hydrogens (tertiary/aromatic N) is 3. The van der Waals surface area contributed by atoms with Crippen molar-refractivity contribution in [1.29, 1.82) is 0 Å². The predicted octanol–water partition coefficient (Wildman–Crippen LogP) is 3.35. The third-order valence-corrected chi connectivity index (χ3v) is 5.59. The highest BCUT2D eigenvalue weighted by molar-refractivity contribution is 7.80. The fourth-order valence-electron chi connectivity index (χ4n) is 3.77. The number of thiocarbonyl (C=S) groups is 1. The Labute approximate surface area is 169 Å². The maximum Gasteiger partial charge on any atom is 0.220 e. The maximum absolute atomic E-state index is 6.01. The molecule has 2 aliphatic rings. The lowest BCUT2D eigenvalue weighted by Gasteiger charge is -2.35. The predicted molar refractivity (Wildman–Crippen MR) is 111 cm³/mol. The minimum absolute atomic E-state index is 0.389. The lowest BCUT2D eigenvalue weighted by molar-refractivity contribution is 0.122. The van der Waals surface area contributed by atoms with Crippen LogP contribution in [0.15, 0.2) is 52.4 Å². The molecule has 1 atom stereocenters. The van der Waals surface area contributed by atoms with E-state index in [1.54, 1.807) is 0 Å². The first kappa shape index (κ1) is 18.5. The van der Waals surface area contributed by atoms with Crippen LogP contribution in [0.3, 0.4) is 0 Å². The number of rotatable bonds is 6. The Morgan fingerprint density at radius 3 is 2.74 bits per heavy atom. The summed E-state index contributed by atoms with van der Waals surface area (Å²) in [6.07, 6.45) is 4.85. The molecule has 1 unspecified atom stereocenters. The van der Waals surface area contributed by atoms with Gasteiger partial charge in [0, 0.05) is 23.7 Å². The molecule has 2 aromatic rings. The van der Waals surface area contributed by atoms with Gasteiger partial charge in [-0.1, -0.05) is 30.2 Å². The van der Waals surface area contributed by atoms with Crippen molar-refractivity contribution in [2.45, 2.75) is 31.7 Å². The van der Waals surface area contributed by atoms with Crippen LogP contribution >= 0.6 is 23.8 Å². The van der Waals surface area contributed by atoms with Gasteiger partial charge in [-0.25, -0.2) is 9.98 Å². The van der Waals surface area contributed by atoms with Gasteiger partial charge in [0.1, 0.15) is 12.4 Å². The summed E-state index contributed by atoms with van der Waals surface area (Å²) in [5.74, 6) is 0.823. The van der Waals surface area contributed by atoms with E-state index in [9.17, 15) is 0 Å². The maximum atomic E-state index is 6.01. The molecule has 140 valence electrons. The smallest absolute Gasteiger partial charge is 0.220 e. The third kappa shape index (κ3) is 4.72. The number of ether oxygens (including phenoxy) is 1. The molecule has 0 N–H and O–H groups in total. The Hall–Kier alpha value is -1.82. The Morgan fingerprint density at radius 1 is 1.07 bits per heavy atom. The molecule has 27 heavy (non-hydrogen) atoms. The van der Waals surface area contributed by atoms with Crippen molar-refractivity contribution in [3.63, 3.8) is 0 Å². The number of halogens is 1. The molecule has 2 aromatic carbocycles. The second-order valence-corrected chi connectivity index (χ2v) is 7.82. The molecule has 2 heterocycles. The van der Waals surface area contributed by atoms with Crippen molar-refractivity contribution in [2.24, 2.45) is 9.98 Å². The van der Waals surface area contributed by atoms with Crippen LogP contribution in [0.1, 0.15) is 24.8 Å². The van der Waals surface area contributed by atoms with Crippen molar-refractivity contribution in [3.05, 3.63) is 63.8 Å². The van der Waals surface area contributed by atoms with E-state index in [4.69, 9.17) is 28.6 Å². The number of benzene rings is 2. The normalized spacial score (nSPS) is 19.3. The molecule has 4 nitrogen and oxygen atoms in total. The second-order valence-electron chi connectivity index (χ2n) is 7.02. The van der Waals surface area contributed by atoms with Crippen LogP contribution in [-0.4, -0.2) is 35.8 Å². The number of hydrogen-bond donors (Lipinski definition) is 0. The SMILES string of the molecule is S=C1N=c2ccc(OCCN3CCCCC3Cc3ccc(Cl)cc3)cc2=N1. The van der Waals surface area contributed by atoms with Crippen molar-refractivity contribution < 1.29 is 4.74 Å². The highest BCUT2D eigenvalue weighted by Crippen LogP contribution is 2.21. The van der Waals surface area contributed by atoms with Gasteiger partial charge in [0.05, 0.1) is 10.7 Å². The highest BCUT2D eigenvalue weighted by atomic mass is 35.5. The molecule has 4 rings (SSSR count). The lowest BCUT2D eigenvalue weighted by Crippen LogP contribution is -2.43. The molecule has 6 heteroatoms. The first-order valence-electron chi connectivity index (χ1n) is 9.40. The van der Waals surface area contributed by atoms with Gasteiger partial charge in [-0.15, -0.1) is 0 Å². The third-order valence-electron chi connectivity index (χ3n) is 5.16. The van der Waals surface area contributed by atoms with E-state index in [-0.39, 0.29) is 0 Å². The first-order valence-corrected chi connectivity index (χ1v) is 10.2. The Morgan fingerprint density at radius 2 is 1.89 bits per heavy atom. The zero-order chi connectivity index (χ0) is 18.6. The van der Waals surface area contributed by atoms with Gasteiger partial charge in [0.25, 0.3) is 0 Å². The van der Waals surface area contributed by atoms with Crippen LogP contribution in [0, 0.1) is 0 Å². The Balaban J connectivity index is 1.34. The average Bonchev–Trinajstić information content (AvgIpc) is 3.04. The van der Waals surface area contributed by atoms with Crippen LogP contribution in [0.2, 0.25) is 5.02 Å². The summed E-state index contributed by atoms with van der Waals surface area (Å²) in [6, 6.07) is 14.6. The average molecular weight is 400 g/mol. The van der Waals surface area contributed by atoms with Crippen LogP contribution in [-0.2, 0) is 6.42 Å². The molecule has 1 fully saturated rings. The van der Waals surface area contributed by atoms with Gasteiger partial charge in [0.2, 0.25) is 5.11 Å². The highest BCUT2D eigenvalue weighted by Gasteiger charge is 2.22. The van der Waals surface area contributed by atoms with Gasteiger partial charge in [-0.3, -0.25) is 4.90 Å². The molecular weight excluding hydrogens is 378 g/mol. The van der Waals surface area contributed by atoms with Gasteiger partial charge in [-0.2, -0.15) is 0 Å². The molecule has 1 saturated heterocycles. The molecule has 2 aliphatic heterocycles. The van der Waals surface area contributed by atoms with Gasteiger partial charge < -0.3 is 4.74 Å². The van der Waals surface area contributed by atoms with Gasteiger partial charge in [0.15, 0.2) is 0 Å². The van der Waals surface area contributed by atoms with E-state index < -0.39 is 0 Å². The zero-order valence-corrected chi connectivity index (χ0v) is 16.7. The summed E-state index contributed by atoms with van der Waals surface area (Å²) in [5, 5.41) is 2.81. The Kier molecular flexibility index (Phi) is 5.81. The van der Waals surface area contributed by atoms with Gasteiger partial charge in [-0.05, 0) is 67.9 Å². The monoisotopic (exact) mass is 399 g/mol. The number of piperidine rings is 1. The summed E-state index contributed by atoms with van der Waals surface area (Å²) in [4.78, 5) is 11.0. The second kappa shape index (κ2) is 8.46. The summed E-state index contributed by atoms with van der Waals surface area (Å²) in [5.41, 5.74) is 1.34. The van der Waals surface area contributed by atoms with E-state index in [0.29, 0.717) is 17.8 Å². The minimum Gasteiger partial charge on any atom is -0.492 e. The standard InChI is InChI=1S/C21H22ClN3OS/c22-16-6-4-15(5-7-16)13-17-3-1-2-10-25(17)11-12-26-18-8-9-19-20(14-18)24-21(27)23-19/h4-9,14,17H,1-3,10-13H2. The van der Waals surface area contributed by atoms with Crippen molar-refractivity contribution in [3.8, 4) is 5.75 Å². The van der Waals surface area contributed by atoms with E-state index in [1.165, 1.54) is 24.8 Å². The van der Waals surface area contributed by atoms with Crippen LogP contribution in [0.5, 0.6) is 5.75 Å². The largest absolute Gasteiger partial charge is 0.492 e. The van der Waals surface area contributed by atoms with Crippen molar-refractivity contribution >= 4 is 28.9 Å². The molecule has 0 aromatic heterocycles. The fourth-order valence-corrected chi connectivity index (χ4v) is 4.09. The Bertz CT molecular complexity index is 945. The molecule has 0 bridgehead atoms. The van der Waals surface area contributed by atoms with Crippen LogP contribution in [0.25, 0.3) is 0 Å². The summed E-state index contributed by atoms with van der Waals surface area (Å²) >= 11 is 11.0. The lowest BCUT2D eigenvalue weighted by atomic mass is 9.95. The van der Waals surface area contributed by atoms with E-state index >= 15 is 0 Å². The molecule has 0 radical (unpaired) electrons. The van der Waals surface area contributed by atoms with Gasteiger partial charge >= 0.3 is 0 Å².